The Balaban J connectivity index is 2.06. The van der Waals surface area contributed by atoms with Crippen molar-refractivity contribution in [2.75, 3.05) is 13.6 Å². The molecule has 2 rings (SSSR count). The van der Waals surface area contributed by atoms with E-state index in [9.17, 15) is 0 Å². The smallest absolute Gasteiger partial charge is 0.0247 e. The van der Waals surface area contributed by atoms with Crippen LogP contribution in [0.15, 0.2) is 18.2 Å². The Morgan fingerprint density at radius 1 is 1.35 bits per heavy atom. The second kappa shape index (κ2) is 5.19. The molecule has 1 aromatic rings. The normalized spacial score (nSPS) is 17.5. The maximum absolute atomic E-state index is 5.89. The third-order valence-corrected chi connectivity index (χ3v) is 4.11. The topological polar surface area (TPSA) is 29.3 Å². The number of nitrogens with two attached hydrogens (primary N) is 1. The highest BCUT2D eigenvalue weighted by atomic mass is 15.1. The molecule has 1 aliphatic rings. The molecule has 0 radical (unpaired) electrons. The van der Waals surface area contributed by atoms with Gasteiger partial charge in [-0.1, -0.05) is 18.2 Å². The molecule has 1 unspecified atom stereocenters. The van der Waals surface area contributed by atoms with Crippen LogP contribution in [0.4, 0.5) is 0 Å². The van der Waals surface area contributed by atoms with Crippen LogP contribution in [0.2, 0.25) is 0 Å². The van der Waals surface area contributed by atoms with Crippen molar-refractivity contribution in [2.24, 2.45) is 11.7 Å². The molecule has 0 aliphatic heterocycles. The fraction of sp³-hybridized carbons (Fsp3) is 0.600. The van der Waals surface area contributed by atoms with Gasteiger partial charge in [0.15, 0.2) is 0 Å². The minimum Gasteiger partial charge on any atom is -0.329 e. The Hall–Kier alpha value is -0.860. The zero-order valence-electron chi connectivity index (χ0n) is 11.2. The first-order chi connectivity index (χ1) is 8.13. The molecule has 1 fully saturated rings. The molecule has 0 spiro atoms. The molecule has 2 N–H and O–H groups in total. The molecule has 94 valence electrons. The molecule has 0 saturated heterocycles. The van der Waals surface area contributed by atoms with Crippen LogP contribution in [-0.2, 0) is 6.54 Å². The lowest BCUT2D eigenvalue weighted by molar-refractivity contribution is 0.215. The summed E-state index contributed by atoms with van der Waals surface area (Å²) in [5.41, 5.74) is 10.1. The summed E-state index contributed by atoms with van der Waals surface area (Å²) in [6.07, 6.45) is 2.72. The van der Waals surface area contributed by atoms with E-state index in [-0.39, 0.29) is 0 Å². The molecule has 0 bridgehead atoms. The van der Waals surface area contributed by atoms with Gasteiger partial charge in [-0.2, -0.15) is 0 Å². The standard InChI is InChI=1S/C15H24N2/c1-11-5-4-6-14(12(11)2)10-17(3)15(9-16)13-7-8-13/h4-6,13,15H,7-10,16H2,1-3H3. The number of likely N-dealkylation sites (N-methyl/N-ethyl adjacent to an activating group) is 1. The fourth-order valence-electron chi connectivity index (χ4n) is 2.58. The van der Waals surface area contributed by atoms with Crippen molar-refractivity contribution in [1.29, 1.82) is 0 Å². The van der Waals surface area contributed by atoms with Gasteiger partial charge in [0.05, 0.1) is 0 Å². The summed E-state index contributed by atoms with van der Waals surface area (Å²) in [7, 11) is 2.21. The third-order valence-electron chi connectivity index (χ3n) is 4.11. The molecular formula is C15H24N2. The number of nitrogens with zero attached hydrogens (tertiary/aromatic N) is 1. The summed E-state index contributed by atoms with van der Waals surface area (Å²) in [5, 5.41) is 0. The van der Waals surface area contributed by atoms with Gasteiger partial charge in [-0.05, 0) is 56.3 Å². The van der Waals surface area contributed by atoms with Gasteiger partial charge in [0.1, 0.15) is 0 Å². The molecular weight excluding hydrogens is 208 g/mol. The van der Waals surface area contributed by atoms with E-state index in [1.165, 1.54) is 29.5 Å². The van der Waals surface area contributed by atoms with Crippen LogP contribution in [0, 0.1) is 19.8 Å². The van der Waals surface area contributed by atoms with E-state index in [2.05, 4.69) is 44.0 Å². The van der Waals surface area contributed by atoms with Gasteiger partial charge in [0.2, 0.25) is 0 Å². The molecule has 17 heavy (non-hydrogen) atoms. The molecule has 0 heterocycles. The van der Waals surface area contributed by atoms with Gasteiger partial charge in [0, 0.05) is 19.1 Å². The summed E-state index contributed by atoms with van der Waals surface area (Å²) in [6.45, 7) is 6.20. The SMILES string of the molecule is Cc1cccc(CN(C)C(CN)C2CC2)c1C. The zero-order chi connectivity index (χ0) is 12.4. The van der Waals surface area contributed by atoms with E-state index in [1.54, 1.807) is 0 Å². The molecule has 2 heteroatoms. The molecule has 1 saturated carbocycles. The van der Waals surface area contributed by atoms with Gasteiger partial charge in [0.25, 0.3) is 0 Å². The van der Waals surface area contributed by atoms with Gasteiger partial charge in [-0.15, -0.1) is 0 Å². The number of hydrogen-bond acceptors (Lipinski definition) is 2. The predicted molar refractivity (Wildman–Crippen MR) is 72.9 cm³/mol. The lowest BCUT2D eigenvalue weighted by Crippen LogP contribution is -2.39. The summed E-state index contributed by atoms with van der Waals surface area (Å²) in [6, 6.07) is 7.13. The maximum atomic E-state index is 5.89. The van der Waals surface area contributed by atoms with Crippen molar-refractivity contribution in [3.05, 3.63) is 34.9 Å². The third kappa shape index (κ3) is 2.88. The quantitative estimate of drug-likeness (QED) is 0.845. The number of hydrogen-bond donors (Lipinski definition) is 1. The van der Waals surface area contributed by atoms with Crippen LogP contribution in [0.5, 0.6) is 0 Å². The first-order valence-electron chi connectivity index (χ1n) is 6.59. The van der Waals surface area contributed by atoms with Crippen molar-refractivity contribution in [3.63, 3.8) is 0 Å². The van der Waals surface area contributed by atoms with E-state index in [0.717, 1.165) is 19.0 Å². The largest absolute Gasteiger partial charge is 0.329 e. The summed E-state index contributed by atoms with van der Waals surface area (Å²) in [5.74, 6) is 0.843. The highest BCUT2D eigenvalue weighted by Gasteiger charge is 2.32. The maximum Gasteiger partial charge on any atom is 0.0247 e. The van der Waals surface area contributed by atoms with Crippen LogP contribution < -0.4 is 5.73 Å². The molecule has 2 nitrogen and oxygen atoms in total. The van der Waals surface area contributed by atoms with Gasteiger partial charge >= 0.3 is 0 Å². The Morgan fingerprint density at radius 2 is 2.06 bits per heavy atom. The number of benzene rings is 1. The van der Waals surface area contributed by atoms with E-state index in [0.29, 0.717) is 6.04 Å². The highest BCUT2D eigenvalue weighted by Crippen LogP contribution is 2.35. The van der Waals surface area contributed by atoms with Crippen LogP contribution in [0.3, 0.4) is 0 Å². The van der Waals surface area contributed by atoms with Gasteiger partial charge in [-0.3, -0.25) is 4.90 Å². The first kappa shape index (κ1) is 12.6. The average molecular weight is 232 g/mol. The van der Waals surface area contributed by atoms with E-state index >= 15 is 0 Å². The summed E-state index contributed by atoms with van der Waals surface area (Å²) >= 11 is 0. The Kier molecular flexibility index (Phi) is 3.85. The monoisotopic (exact) mass is 232 g/mol. The van der Waals surface area contributed by atoms with Crippen molar-refractivity contribution >= 4 is 0 Å². The zero-order valence-corrected chi connectivity index (χ0v) is 11.2. The van der Waals surface area contributed by atoms with Gasteiger partial charge < -0.3 is 5.73 Å². The molecule has 0 aromatic heterocycles. The summed E-state index contributed by atoms with van der Waals surface area (Å²) < 4.78 is 0. The molecule has 1 aromatic carbocycles. The van der Waals surface area contributed by atoms with E-state index < -0.39 is 0 Å². The summed E-state index contributed by atoms with van der Waals surface area (Å²) in [4.78, 5) is 2.43. The molecule has 0 amide bonds. The van der Waals surface area contributed by atoms with Crippen LogP contribution >= 0.6 is 0 Å². The van der Waals surface area contributed by atoms with Gasteiger partial charge in [-0.25, -0.2) is 0 Å². The van der Waals surface area contributed by atoms with Crippen LogP contribution in [0.25, 0.3) is 0 Å². The molecule has 1 aliphatic carbocycles. The minimum absolute atomic E-state index is 0.565. The average Bonchev–Trinajstić information content (AvgIpc) is 3.10. The van der Waals surface area contributed by atoms with Crippen molar-refractivity contribution in [3.8, 4) is 0 Å². The van der Waals surface area contributed by atoms with Crippen molar-refractivity contribution < 1.29 is 0 Å². The Morgan fingerprint density at radius 3 is 2.65 bits per heavy atom. The minimum atomic E-state index is 0.565. The predicted octanol–water partition coefficient (Wildman–Crippen LogP) is 2.47. The van der Waals surface area contributed by atoms with E-state index in [1.807, 2.05) is 0 Å². The Bertz CT molecular complexity index is 383. The lowest BCUT2D eigenvalue weighted by atomic mass is 10.0. The highest BCUT2D eigenvalue weighted by molar-refractivity contribution is 5.33. The van der Waals surface area contributed by atoms with Crippen LogP contribution in [0.1, 0.15) is 29.5 Å². The number of aryl methyl sites for hydroxylation is 1. The molecule has 1 atom stereocenters. The number of rotatable bonds is 5. The van der Waals surface area contributed by atoms with Crippen molar-refractivity contribution in [1.82, 2.24) is 4.90 Å². The first-order valence-corrected chi connectivity index (χ1v) is 6.59. The van der Waals surface area contributed by atoms with Crippen LogP contribution in [-0.4, -0.2) is 24.5 Å². The second-order valence-electron chi connectivity index (χ2n) is 5.41. The van der Waals surface area contributed by atoms with E-state index in [4.69, 9.17) is 5.73 Å². The lowest BCUT2D eigenvalue weighted by Gasteiger charge is -2.27. The fourth-order valence-corrected chi connectivity index (χ4v) is 2.58. The second-order valence-corrected chi connectivity index (χ2v) is 5.41. The Labute approximate surface area is 105 Å². The van der Waals surface area contributed by atoms with Crippen molar-refractivity contribution in [2.45, 2.75) is 39.3 Å².